The fourth-order valence-corrected chi connectivity index (χ4v) is 2.62. The first-order chi connectivity index (χ1) is 10.6. The largest absolute Gasteiger partial charge is 0.382 e. The maximum absolute atomic E-state index is 10.7. The van der Waals surface area contributed by atoms with Crippen molar-refractivity contribution in [1.82, 2.24) is 9.55 Å². The van der Waals surface area contributed by atoms with E-state index < -0.39 is 6.10 Å². The zero-order valence-electron chi connectivity index (χ0n) is 12.3. The molecule has 112 valence electrons. The number of benzene rings is 2. The number of aliphatic hydroxyl groups excluding tert-OH is 1. The molecule has 0 saturated heterocycles. The number of halogens is 1. The van der Waals surface area contributed by atoms with Crippen molar-refractivity contribution in [3.8, 4) is 0 Å². The Morgan fingerprint density at radius 3 is 2.45 bits per heavy atom. The fraction of sp³-hybridized carbons (Fsp3) is 0.167. The van der Waals surface area contributed by atoms with Gasteiger partial charge >= 0.3 is 0 Å². The van der Waals surface area contributed by atoms with Crippen LogP contribution in [0.1, 0.15) is 28.7 Å². The maximum atomic E-state index is 10.7. The van der Waals surface area contributed by atoms with Gasteiger partial charge in [0, 0.05) is 11.6 Å². The van der Waals surface area contributed by atoms with Gasteiger partial charge in [-0.15, -0.1) is 0 Å². The van der Waals surface area contributed by atoms with Gasteiger partial charge in [0.25, 0.3) is 0 Å². The number of hydrogen-bond donors (Lipinski definition) is 1. The lowest BCUT2D eigenvalue weighted by Gasteiger charge is -2.16. The van der Waals surface area contributed by atoms with Gasteiger partial charge in [0.15, 0.2) is 0 Å². The minimum atomic E-state index is -0.720. The van der Waals surface area contributed by atoms with Crippen molar-refractivity contribution in [3.63, 3.8) is 0 Å². The Labute approximate surface area is 134 Å². The maximum Gasteiger partial charge on any atom is 0.121 e. The molecule has 2 aromatic carbocycles. The first-order valence-electron chi connectivity index (χ1n) is 7.14. The van der Waals surface area contributed by atoms with Gasteiger partial charge in [-0.3, -0.25) is 0 Å². The summed E-state index contributed by atoms with van der Waals surface area (Å²) in [7, 11) is 0. The van der Waals surface area contributed by atoms with Gasteiger partial charge in [0.1, 0.15) is 11.9 Å². The smallest absolute Gasteiger partial charge is 0.121 e. The van der Waals surface area contributed by atoms with Gasteiger partial charge in [0.2, 0.25) is 0 Å². The number of hydrogen-bond acceptors (Lipinski definition) is 2. The third-order valence-electron chi connectivity index (χ3n) is 3.74. The van der Waals surface area contributed by atoms with Gasteiger partial charge in [-0.2, -0.15) is 0 Å². The summed E-state index contributed by atoms with van der Waals surface area (Å²) < 4.78 is 2.04. The standard InChI is InChI=1S/C18H17ClN2O/c1-13-20-11-17(18(22)15-7-9-16(19)10-8-15)21(13)12-14-5-3-2-4-6-14/h2-11,18,22H,12H2,1H3/t18-/m1/s1. The van der Waals surface area contributed by atoms with E-state index in [1.54, 1.807) is 18.3 Å². The van der Waals surface area contributed by atoms with Gasteiger partial charge in [-0.25, -0.2) is 4.98 Å². The Morgan fingerprint density at radius 1 is 1.09 bits per heavy atom. The number of aliphatic hydroxyl groups is 1. The lowest BCUT2D eigenvalue weighted by Crippen LogP contribution is -2.11. The summed E-state index contributed by atoms with van der Waals surface area (Å²) in [6.07, 6.45) is 1.01. The number of aryl methyl sites for hydroxylation is 1. The second kappa shape index (κ2) is 6.34. The van der Waals surface area contributed by atoms with Crippen molar-refractivity contribution in [1.29, 1.82) is 0 Å². The summed E-state index contributed by atoms with van der Waals surface area (Å²) in [6.45, 7) is 2.63. The molecule has 0 saturated carbocycles. The van der Waals surface area contributed by atoms with Crippen LogP contribution in [0, 0.1) is 6.92 Å². The van der Waals surface area contributed by atoms with E-state index in [4.69, 9.17) is 11.6 Å². The molecular weight excluding hydrogens is 296 g/mol. The van der Waals surface area contributed by atoms with E-state index in [2.05, 4.69) is 17.1 Å². The molecule has 22 heavy (non-hydrogen) atoms. The van der Waals surface area contributed by atoms with Gasteiger partial charge < -0.3 is 9.67 Å². The van der Waals surface area contributed by atoms with E-state index >= 15 is 0 Å². The van der Waals surface area contributed by atoms with Gasteiger partial charge in [-0.05, 0) is 30.2 Å². The first-order valence-corrected chi connectivity index (χ1v) is 7.52. The van der Waals surface area contributed by atoms with Gasteiger partial charge in [-0.1, -0.05) is 54.1 Å². The second-order valence-corrected chi connectivity index (χ2v) is 5.69. The van der Waals surface area contributed by atoms with Crippen molar-refractivity contribution in [2.24, 2.45) is 0 Å². The highest BCUT2D eigenvalue weighted by molar-refractivity contribution is 6.30. The SMILES string of the molecule is Cc1ncc([C@H](O)c2ccc(Cl)cc2)n1Cc1ccccc1. The summed E-state index contributed by atoms with van der Waals surface area (Å²) in [6, 6.07) is 17.4. The number of aromatic nitrogens is 2. The third-order valence-corrected chi connectivity index (χ3v) is 3.99. The molecule has 3 nitrogen and oxygen atoms in total. The van der Waals surface area contributed by atoms with E-state index in [-0.39, 0.29) is 0 Å². The van der Waals surface area contributed by atoms with Crippen molar-refractivity contribution in [2.45, 2.75) is 19.6 Å². The van der Waals surface area contributed by atoms with Crippen LogP contribution in [0.3, 0.4) is 0 Å². The van der Waals surface area contributed by atoms with Gasteiger partial charge in [0.05, 0.1) is 11.9 Å². The van der Waals surface area contributed by atoms with E-state index in [1.807, 2.05) is 41.8 Å². The zero-order valence-corrected chi connectivity index (χ0v) is 13.0. The van der Waals surface area contributed by atoms with Crippen molar-refractivity contribution >= 4 is 11.6 Å². The molecule has 1 heterocycles. The minimum absolute atomic E-state index is 0.657. The van der Waals surface area contributed by atoms with Crippen LogP contribution in [0.2, 0.25) is 5.02 Å². The molecule has 0 bridgehead atoms. The average molecular weight is 313 g/mol. The van der Waals surface area contributed by atoms with Crippen LogP contribution >= 0.6 is 11.6 Å². The summed E-state index contributed by atoms with van der Waals surface area (Å²) in [4.78, 5) is 4.35. The van der Waals surface area contributed by atoms with E-state index in [9.17, 15) is 5.11 Å². The number of imidazole rings is 1. The van der Waals surface area contributed by atoms with E-state index in [0.29, 0.717) is 11.6 Å². The Bertz CT molecular complexity index is 751. The lowest BCUT2D eigenvalue weighted by atomic mass is 10.1. The van der Waals surface area contributed by atoms with Crippen molar-refractivity contribution in [3.05, 3.63) is 88.5 Å². The Balaban J connectivity index is 1.93. The predicted octanol–water partition coefficient (Wildman–Crippen LogP) is 3.97. The summed E-state index contributed by atoms with van der Waals surface area (Å²) in [5.74, 6) is 0.881. The third kappa shape index (κ3) is 3.06. The quantitative estimate of drug-likeness (QED) is 0.791. The van der Waals surface area contributed by atoms with Crippen LogP contribution in [0.25, 0.3) is 0 Å². The highest BCUT2D eigenvalue weighted by Gasteiger charge is 2.17. The predicted molar refractivity (Wildman–Crippen MR) is 88.0 cm³/mol. The second-order valence-electron chi connectivity index (χ2n) is 5.26. The number of nitrogens with zero attached hydrogens (tertiary/aromatic N) is 2. The normalized spacial score (nSPS) is 12.3. The monoisotopic (exact) mass is 312 g/mol. The Morgan fingerprint density at radius 2 is 1.77 bits per heavy atom. The van der Waals surface area contributed by atoms with Crippen LogP contribution < -0.4 is 0 Å². The van der Waals surface area contributed by atoms with Crippen molar-refractivity contribution < 1.29 is 5.11 Å². The molecule has 0 radical (unpaired) electrons. The van der Waals surface area contributed by atoms with Crippen LogP contribution in [0.5, 0.6) is 0 Å². The highest BCUT2D eigenvalue weighted by atomic mass is 35.5. The summed E-state index contributed by atoms with van der Waals surface area (Å²) >= 11 is 5.91. The van der Waals surface area contributed by atoms with E-state index in [1.165, 1.54) is 5.56 Å². The topological polar surface area (TPSA) is 38.1 Å². The van der Waals surface area contributed by atoms with Crippen LogP contribution in [0.15, 0.2) is 60.8 Å². The summed E-state index contributed by atoms with van der Waals surface area (Å²) in [5.41, 5.74) is 2.76. The molecule has 0 amide bonds. The fourth-order valence-electron chi connectivity index (χ4n) is 2.49. The first kappa shape index (κ1) is 14.8. The highest BCUT2D eigenvalue weighted by Crippen LogP contribution is 2.25. The zero-order chi connectivity index (χ0) is 15.5. The molecule has 0 aliphatic rings. The molecule has 0 spiro atoms. The molecule has 1 aromatic heterocycles. The molecule has 3 rings (SSSR count). The molecule has 1 atom stereocenters. The van der Waals surface area contributed by atoms with Crippen LogP contribution in [-0.2, 0) is 6.54 Å². The molecule has 0 aliphatic carbocycles. The van der Waals surface area contributed by atoms with Crippen LogP contribution in [0.4, 0.5) is 0 Å². The average Bonchev–Trinajstić information content (AvgIpc) is 2.89. The summed E-state index contributed by atoms with van der Waals surface area (Å²) in [5, 5.41) is 11.3. The molecule has 3 aromatic rings. The lowest BCUT2D eigenvalue weighted by molar-refractivity contribution is 0.210. The molecular formula is C18H17ClN2O. The Hall–Kier alpha value is -2.10. The molecule has 0 fully saturated rings. The number of rotatable bonds is 4. The Kier molecular flexibility index (Phi) is 4.27. The minimum Gasteiger partial charge on any atom is -0.382 e. The molecule has 4 heteroatoms. The molecule has 0 aliphatic heterocycles. The molecule has 0 unspecified atom stereocenters. The van der Waals surface area contributed by atoms with Crippen molar-refractivity contribution in [2.75, 3.05) is 0 Å². The van der Waals surface area contributed by atoms with E-state index in [0.717, 1.165) is 17.1 Å². The molecule has 1 N–H and O–H groups in total. The van der Waals surface area contributed by atoms with Crippen LogP contribution in [-0.4, -0.2) is 14.7 Å².